The SMILES string of the molecule is Cc1cc(NN)ccc1C(=O)NCCC1CCCCC1. The summed E-state index contributed by atoms with van der Waals surface area (Å²) in [7, 11) is 0. The van der Waals surface area contributed by atoms with E-state index in [0.717, 1.165) is 35.7 Å². The van der Waals surface area contributed by atoms with Gasteiger partial charge in [-0.25, -0.2) is 0 Å². The Bertz CT molecular complexity index is 453. The number of nitrogen functional groups attached to an aromatic ring is 1. The minimum atomic E-state index is 0.0156. The molecule has 0 heterocycles. The van der Waals surface area contributed by atoms with Crippen molar-refractivity contribution in [3.8, 4) is 0 Å². The van der Waals surface area contributed by atoms with Crippen molar-refractivity contribution in [2.75, 3.05) is 12.0 Å². The lowest BCUT2D eigenvalue weighted by Crippen LogP contribution is -2.27. The Morgan fingerprint density at radius 3 is 2.70 bits per heavy atom. The Balaban J connectivity index is 1.82. The lowest BCUT2D eigenvalue weighted by molar-refractivity contribution is 0.0950. The van der Waals surface area contributed by atoms with Crippen LogP contribution in [0.15, 0.2) is 18.2 Å². The van der Waals surface area contributed by atoms with E-state index in [2.05, 4.69) is 10.7 Å². The van der Waals surface area contributed by atoms with E-state index in [-0.39, 0.29) is 5.91 Å². The van der Waals surface area contributed by atoms with E-state index < -0.39 is 0 Å². The molecule has 1 aromatic rings. The fourth-order valence-electron chi connectivity index (χ4n) is 2.97. The van der Waals surface area contributed by atoms with Gasteiger partial charge in [0.05, 0.1) is 0 Å². The second-order valence-electron chi connectivity index (χ2n) is 5.72. The molecule has 1 aromatic carbocycles. The number of hydrazine groups is 1. The van der Waals surface area contributed by atoms with Crippen molar-refractivity contribution in [2.45, 2.75) is 45.4 Å². The second-order valence-corrected chi connectivity index (χ2v) is 5.72. The van der Waals surface area contributed by atoms with Gasteiger partial charge in [0.15, 0.2) is 0 Å². The maximum absolute atomic E-state index is 12.1. The highest BCUT2D eigenvalue weighted by atomic mass is 16.1. The van der Waals surface area contributed by atoms with Crippen LogP contribution in [0, 0.1) is 12.8 Å². The van der Waals surface area contributed by atoms with E-state index in [1.807, 2.05) is 25.1 Å². The van der Waals surface area contributed by atoms with E-state index in [4.69, 9.17) is 5.84 Å². The molecule has 1 fully saturated rings. The normalized spacial score (nSPS) is 15.9. The molecule has 4 N–H and O–H groups in total. The predicted octanol–water partition coefficient (Wildman–Crippen LogP) is 2.98. The van der Waals surface area contributed by atoms with Crippen LogP contribution in [0.3, 0.4) is 0 Å². The van der Waals surface area contributed by atoms with Gasteiger partial charge < -0.3 is 10.7 Å². The molecule has 110 valence electrons. The highest BCUT2D eigenvalue weighted by molar-refractivity contribution is 5.96. The number of aryl methyl sites for hydroxylation is 1. The van der Waals surface area contributed by atoms with Crippen LogP contribution < -0.4 is 16.6 Å². The molecule has 4 heteroatoms. The number of rotatable bonds is 5. The Hall–Kier alpha value is -1.55. The van der Waals surface area contributed by atoms with E-state index in [1.54, 1.807) is 0 Å². The zero-order valence-corrected chi connectivity index (χ0v) is 12.2. The van der Waals surface area contributed by atoms with Crippen LogP contribution in [-0.4, -0.2) is 12.5 Å². The number of nitrogens with two attached hydrogens (primary N) is 1. The summed E-state index contributed by atoms with van der Waals surface area (Å²) in [6, 6.07) is 5.53. The molecule has 0 aromatic heterocycles. The van der Waals surface area contributed by atoms with Crippen molar-refractivity contribution >= 4 is 11.6 Å². The zero-order chi connectivity index (χ0) is 14.4. The molecule has 1 saturated carbocycles. The van der Waals surface area contributed by atoms with Gasteiger partial charge >= 0.3 is 0 Å². The van der Waals surface area contributed by atoms with Gasteiger partial charge in [0.25, 0.3) is 5.91 Å². The molecule has 2 rings (SSSR count). The Kier molecular flexibility index (Phi) is 5.41. The van der Waals surface area contributed by atoms with E-state index in [9.17, 15) is 4.79 Å². The van der Waals surface area contributed by atoms with Crippen LogP contribution in [0.5, 0.6) is 0 Å². The van der Waals surface area contributed by atoms with Crippen LogP contribution in [0.1, 0.15) is 54.4 Å². The molecule has 4 nitrogen and oxygen atoms in total. The molecular weight excluding hydrogens is 250 g/mol. The Morgan fingerprint density at radius 2 is 2.05 bits per heavy atom. The number of amides is 1. The molecule has 0 saturated heterocycles. The van der Waals surface area contributed by atoms with Gasteiger partial charge in [-0.1, -0.05) is 32.1 Å². The first-order valence-corrected chi connectivity index (χ1v) is 7.56. The van der Waals surface area contributed by atoms with Crippen LogP contribution in [0.4, 0.5) is 5.69 Å². The van der Waals surface area contributed by atoms with Gasteiger partial charge in [-0.2, -0.15) is 0 Å². The zero-order valence-electron chi connectivity index (χ0n) is 12.2. The highest BCUT2D eigenvalue weighted by Gasteiger charge is 2.14. The van der Waals surface area contributed by atoms with Gasteiger partial charge in [0, 0.05) is 17.8 Å². The minimum Gasteiger partial charge on any atom is -0.352 e. The van der Waals surface area contributed by atoms with Gasteiger partial charge in [-0.05, 0) is 43.0 Å². The van der Waals surface area contributed by atoms with E-state index in [0.29, 0.717) is 0 Å². The summed E-state index contributed by atoms with van der Waals surface area (Å²) in [6.45, 7) is 2.71. The van der Waals surface area contributed by atoms with Gasteiger partial charge in [0.2, 0.25) is 0 Å². The number of carbonyl (C=O) groups is 1. The van der Waals surface area contributed by atoms with Crippen molar-refractivity contribution in [1.29, 1.82) is 0 Å². The lowest BCUT2D eigenvalue weighted by atomic mass is 9.87. The third-order valence-electron chi connectivity index (χ3n) is 4.20. The fourth-order valence-corrected chi connectivity index (χ4v) is 2.97. The number of hydrogen-bond donors (Lipinski definition) is 3. The van der Waals surface area contributed by atoms with Gasteiger partial charge in [0.1, 0.15) is 0 Å². The Morgan fingerprint density at radius 1 is 1.30 bits per heavy atom. The molecule has 1 amide bonds. The monoisotopic (exact) mass is 275 g/mol. The van der Waals surface area contributed by atoms with E-state index >= 15 is 0 Å². The fraction of sp³-hybridized carbons (Fsp3) is 0.562. The van der Waals surface area contributed by atoms with Gasteiger partial charge in [-0.3, -0.25) is 10.6 Å². The molecule has 0 spiro atoms. The molecule has 0 radical (unpaired) electrons. The Labute approximate surface area is 121 Å². The lowest BCUT2D eigenvalue weighted by Gasteiger charge is -2.21. The molecule has 0 atom stereocenters. The third kappa shape index (κ3) is 3.97. The average Bonchev–Trinajstić information content (AvgIpc) is 2.48. The van der Waals surface area contributed by atoms with Crippen molar-refractivity contribution in [1.82, 2.24) is 5.32 Å². The molecule has 1 aliphatic carbocycles. The van der Waals surface area contributed by atoms with Crippen molar-refractivity contribution in [2.24, 2.45) is 11.8 Å². The molecule has 0 bridgehead atoms. The highest BCUT2D eigenvalue weighted by Crippen LogP contribution is 2.25. The van der Waals surface area contributed by atoms with Crippen LogP contribution >= 0.6 is 0 Å². The van der Waals surface area contributed by atoms with Crippen molar-refractivity contribution in [3.63, 3.8) is 0 Å². The average molecular weight is 275 g/mol. The standard InChI is InChI=1S/C16H25N3O/c1-12-11-14(19-17)7-8-15(12)16(20)18-10-9-13-5-3-2-4-6-13/h7-8,11,13,19H,2-6,9-10,17H2,1H3,(H,18,20). The quantitative estimate of drug-likeness (QED) is 0.571. The molecule has 20 heavy (non-hydrogen) atoms. The summed E-state index contributed by atoms with van der Waals surface area (Å²) in [5, 5.41) is 3.03. The number of nitrogens with one attached hydrogen (secondary N) is 2. The maximum Gasteiger partial charge on any atom is 0.251 e. The van der Waals surface area contributed by atoms with Gasteiger partial charge in [-0.15, -0.1) is 0 Å². The molecular formula is C16H25N3O. The third-order valence-corrected chi connectivity index (χ3v) is 4.20. The largest absolute Gasteiger partial charge is 0.352 e. The minimum absolute atomic E-state index is 0.0156. The smallest absolute Gasteiger partial charge is 0.251 e. The van der Waals surface area contributed by atoms with Crippen LogP contribution in [0.2, 0.25) is 0 Å². The first-order chi connectivity index (χ1) is 9.70. The molecule has 0 unspecified atom stereocenters. The maximum atomic E-state index is 12.1. The number of hydrogen-bond acceptors (Lipinski definition) is 3. The topological polar surface area (TPSA) is 67.1 Å². The summed E-state index contributed by atoms with van der Waals surface area (Å²) in [5.74, 6) is 6.17. The second kappa shape index (κ2) is 7.29. The van der Waals surface area contributed by atoms with Crippen molar-refractivity contribution in [3.05, 3.63) is 29.3 Å². The van der Waals surface area contributed by atoms with Crippen molar-refractivity contribution < 1.29 is 4.79 Å². The van der Waals surface area contributed by atoms with Crippen LogP contribution in [0.25, 0.3) is 0 Å². The molecule has 0 aliphatic heterocycles. The first kappa shape index (κ1) is 14.9. The first-order valence-electron chi connectivity index (χ1n) is 7.56. The van der Waals surface area contributed by atoms with E-state index in [1.165, 1.54) is 32.1 Å². The molecule has 1 aliphatic rings. The van der Waals surface area contributed by atoms with Crippen LogP contribution in [-0.2, 0) is 0 Å². The summed E-state index contributed by atoms with van der Waals surface area (Å²) in [6.07, 6.45) is 7.84. The number of benzene rings is 1. The number of anilines is 1. The number of carbonyl (C=O) groups excluding carboxylic acids is 1. The summed E-state index contributed by atoms with van der Waals surface area (Å²) in [4.78, 5) is 12.1. The summed E-state index contributed by atoms with van der Waals surface area (Å²) in [5.41, 5.74) is 5.08. The predicted molar refractivity (Wildman–Crippen MR) is 82.5 cm³/mol. The summed E-state index contributed by atoms with van der Waals surface area (Å²) >= 11 is 0. The summed E-state index contributed by atoms with van der Waals surface area (Å²) < 4.78 is 0.